The van der Waals surface area contributed by atoms with Crippen molar-refractivity contribution >= 4 is 29.8 Å². The van der Waals surface area contributed by atoms with E-state index in [9.17, 15) is 4.79 Å². The number of hydrogen-bond donors (Lipinski definition) is 0. The molecule has 0 radical (unpaired) electrons. The molecule has 1 atom stereocenters. The number of nitrogens with zero attached hydrogens (tertiary/aromatic N) is 1. The SMILES string of the molecule is CC(CC12CC3CC(CC(C3)C1)C2)N(C)CC(=O)c1ccc(Cl)cc1.Cl. The molecule has 4 saturated carbocycles. The number of rotatable bonds is 6. The van der Waals surface area contributed by atoms with Crippen LogP contribution in [0.4, 0.5) is 0 Å². The highest BCUT2D eigenvalue weighted by Crippen LogP contribution is 2.61. The molecular formula is C22H31Cl2NO. The first-order chi connectivity index (χ1) is 11.9. The molecule has 0 aliphatic heterocycles. The smallest absolute Gasteiger partial charge is 0.176 e. The average Bonchev–Trinajstić information content (AvgIpc) is 2.53. The van der Waals surface area contributed by atoms with E-state index >= 15 is 0 Å². The van der Waals surface area contributed by atoms with Gasteiger partial charge < -0.3 is 0 Å². The van der Waals surface area contributed by atoms with E-state index in [1.807, 2.05) is 12.1 Å². The Kier molecular flexibility index (Phi) is 6.06. The van der Waals surface area contributed by atoms with Crippen molar-refractivity contribution in [2.45, 2.75) is 57.9 Å². The largest absolute Gasteiger partial charge is 0.296 e. The zero-order valence-corrected chi connectivity index (χ0v) is 17.5. The molecule has 4 heteroatoms. The van der Waals surface area contributed by atoms with E-state index in [4.69, 9.17) is 11.6 Å². The number of carbonyl (C=O) groups excluding carboxylic acids is 1. The molecule has 0 amide bonds. The van der Waals surface area contributed by atoms with Crippen LogP contribution in [-0.2, 0) is 0 Å². The lowest BCUT2D eigenvalue weighted by Crippen LogP contribution is -2.49. The fraction of sp³-hybridized carbons (Fsp3) is 0.682. The van der Waals surface area contributed by atoms with Gasteiger partial charge in [-0.25, -0.2) is 0 Å². The number of halogens is 2. The van der Waals surface area contributed by atoms with Crippen LogP contribution in [0.2, 0.25) is 5.02 Å². The molecule has 1 aromatic carbocycles. The summed E-state index contributed by atoms with van der Waals surface area (Å²) in [5, 5.41) is 0.681. The number of ketones is 1. The second-order valence-corrected chi connectivity index (χ2v) is 9.75. The van der Waals surface area contributed by atoms with Crippen LogP contribution in [-0.4, -0.2) is 30.3 Å². The maximum Gasteiger partial charge on any atom is 0.176 e. The number of hydrogen-bond acceptors (Lipinski definition) is 2. The van der Waals surface area contributed by atoms with Gasteiger partial charge in [0, 0.05) is 16.6 Å². The highest BCUT2D eigenvalue weighted by molar-refractivity contribution is 6.30. The zero-order valence-electron chi connectivity index (χ0n) is 15.9. The lowest BCUT2D eigenvalue weighted by Gasteiger charge is -2.58. The number of Topliss-reactive ketones (excluding diaryl/α,β-unsaturated/α-hetero) is 1. The molecule has 144 valence electrons. The maximum absolute atomic E-state index is 12.6. The first-order valence-electron chi connectivity index (χ1n) is 9.91. The molecular weight excluding hydrogens is 365 g/mol. The molecule has 4 aliphatic carbocycles. The topological polar surface area (TPSA) is 20.3 Å². The van der Waals surface area contributed by atoms with Gasteiger partial charge >= 0.3 is 0 Å². The van der Waals surface area contributed by atoms with Crippen LogP contribution >= 0.6 is 24.0 Å². The van der Waals surface area contributed by atoms with Crippen LogP contribution < -0.4 is 0 Å². The second kappa shape index (κ2) is 7.81. The molecule has 1 unspecified atom stereocenters. The molecule has 1 aromatic rings. The van der Waals surface area contributed by atoms with Gasteiger partial charge in [-0.3, -0.25) is 9.69 Å². The summed E-state index contributed by atoms with van der Waals surface area (Å²) in [6.07, 6.45) is 10.1. The van der Waals surface area contributed by atoms with Gasteiger partial charge in [-0.2, -0.15) is 0 Å². The normalized spacial score (nSPS) is 33.2. The highest BCUT2D eigenvalue weighted by atomic mass is 35.5. The van der Waals surface area contributed by atoms with Gasteiger partial charge in [-0.15, -0.1) is 12.4 Å². The predicted octanol–water partition coefficient (Wildman–Crippen LogP) is 5.87. The first kappa shape index (κ1) is 20.2. The standard InChI is InChI=1S/C22H30ClNO.ClH/c1-15(24(2)14-21(25)19-3-5-20(23)6-4-19)10-22-11-16-7-17(12-22)9-18(8-16)13-22;/h3-6,15-18H,7-14H2,1-2H3;1H. The molecule has 4 aliphatic rings. The van der Waals surface area contributed by atoms with Gasteiger partial charge in [0.05, 0.1) is 6.54 Å². The van der Waals surface area contributed by atoms with Crippen molar-refractivity contribution in [2.24, 2.45) is 23.2 Å². The van der Waals surface area contributed by atoms with Gasteiger partial charge in [-0.05, 0) is 106 Å². The van der Waals surface area contributed by atoms with E-state index in [1.54, 1.807) is 12.1 Å². The molecule has 5 rings (SSSR count). The highest BCUT2D eigenvalue weighted by Gasteiger charge is 2.51. The molecule has 4 fully saturated rings. The molecule has 0 N–H and O–H groups in total. The van der Waals surface area contributed by atoms with Crippen molar-refractivity contribution in [3.63, 3.8) is 0 Å². The third-order valence-corrected chi connectivity index (χ3v) is 7.46. The van der Waals surface area contributed by atoms with E-state index < -0.39 is 0 Å². The Labute approximate surface area is 169 Å². The Bertz CT molecular complexity index is 607. The Morgan fingerprint density at radius 2 is 1.62 bits per heavy atom. The van der Waals surface area contributed by atoms with E-state index in [2.05, 4.69) is 18.9 Å². The Morgan fingerprint density at radius 1 is 1.12 bits per heavy atom. The summed E-state index contributed by atoms with van der Waals surface area (Å²) >= 11 is 5.92. The molecule has 4 bridgehead atoms. The van der Waals surface area contributed by atoms with Crippen molar-refractivity contribution in [1.82, 2.24) is 4.90 Å². The predicted molar refractivity (Wildman–Crippen MR) is 110 cm³/mol. The van der Waals surface area contributed by atoms with Crippen LogP contribution in [0.15, 0.2) is 24.3 Å². The monoisotopic (exact) mass is 395 g/mol. The molecule has 2 nitrogen and oxygen atoms in total. The Morgan fingerprint density at radius 3 is 2.12 bits per heavy atom. The quantitative estimate of drug-likeness (QED) is 0.561. The van der Waals surface area contributed by atoms with Crippen molar-refractivity contribution in [3.8, 4) is 0 Å². The summed E-state index contributed by atoms with van der Waals surface area (Å²) in [6, 6.07) is 7.73. The summed E-state index contributed by atoms with van der Waals surface area (Å²) in [7, 11) is 2.11. The number of carbonyl (C=O) groups is 1. The van der Waals surface area contributed by atoms with Crippen molar-refractivity contribution in [2.75, 3.05) is 13.6 Å². The third kappa shape index (κ3) is 4.13. The fourth-order valence-electron chi connectivity index (χ4n) is 6.43. The number of likely N-dealkylation sites (N-methyl/N-ethyl adjacent to an activating group) is 1. The maximum atomic E-state index is 12.6. The summed E-state index contributed by atoms with van der Waals surface area (Å²) in [5.74, 6) is 3.19. The van der Waals surface area contributed by atoms with Crippen LogP contribution in [0.25, 0.3) is 0 Å². The van der Waals surface area contributed by atoms with Crippen LogP contribution in [0.1, 0.15) is 62.2 Å². The van der Waals surface area contributed by atoms with Crippen molar-refractivity contribution in [3.05, 3.63) is 34.9 Å². The van der Waals surface area contributed by atoms with E-state index in [-0.39, 0.29) is 18.2 Å². The minimum absolute atomic E-state index is 0. The minimum Gasteiger partial charge on any atom is -0.296 e. The zero-order chi connectivity index (χ0) is 17.6. The van der Waals surface area contributed by atoms with Crippen LogP contribution in [0.3, 0.4) is 0 Å². The van der Waals surface area contributed by atoms with E-state index in [1.165, 1.54) is 44.9 Å². The molecule has 0 heterocycles. The summed E-state index contributed by atoms with van der Waals surface area (Å²) in [4.78, 5) is 14.8. The lowest BCUT2D eigenvalue weighted by atomic mass is 9.48. The summed E-state index contributed by atoms with van der Waals surface area (Å²) in [5.41, 5.74) is 1.34. The van der Waals surface area contributed by atoms with Crippen molar-refractivity contribution < 1.29 is 4.79 Å². The van der Waals surface area contributed by atoms with Crippen LogP contribution in [0.5, 0.6) is 0 Å². The summed E-state index contributed by atoms with van der Waals surface area (Å²) < 4.78 is 0. The Hall–Kier alpha value is -0.570. The number of benzene rings is 1. The first-order valence-corrected chi connectivity index (χ1v) is 10.3. The van der Waals surface area contributed by atoms with Crippen molar-refractivity contribution in [1.29, 1.82) is 0 Å². The van der Waals surface area contributed by atoms with Crippen LogP contribution in [0, 0.1) is 23.2 Å². The molecule has 26 heavy (non-hydrogen) atoms. The van der Waals surface area contributed by atoms with Gasteiger partial charge in [0.1, 0.15) is 0 Å². The van der Waals surface area contributed by atoms with Gasteiger partial charge in [0.25, 0.3) is 0 Å². The molecule has 0 saturated heterocycles. The summed E-state index contributed by atoms with van der Waals surface area (Å²) in [6.45, 7) is 2.81. The van der Waals surface area contributed by atoms with Gasteiger partial charge in [0.15, 0.2) is 5.78 Å². The average molecular weight is 396 g/mol. The minimum atomic E-state index is 0. The second-order valence-electron chi connectivity index (χ2n) is 9.32. The van der Waals surface area contributed by atoms with E-state index in [0.29, 0.717) is 23.0 Å². The third-order valence-electron chi connectivity index (χ3n) is 7.21. The van der Waals surface area contributed by atoms with E-state index in [0.717, 1.165) is 23.3 Å². The lowest BCUT2D eigenvalue weighted by molar-refractivity contribution is -0.0667. The Balaban J connectivity index is 0.00000196. The molecule has 0 aromatic heterocycles. The fourth-order valence-corrected chi connectivity index (χ4v) is 6.56. The van der Waals surface area contributed by atoms with Gasteiger partial charge in [-0.1, -0.05) is 11.6 Å². The molecule has 0 spiro atoms. The van der Waals surface area contributed by atoms with Gasteiger partial charge in [0.2, 0.25) is 0 Å².